The number of hydrogen-bond acceptors (Lipinski definition) is 3. The van der Waals surface area contributed by atoms with Crippen LogP contribution in [0.1, 0.15) is 42.5 Å². The number of aryl methyl sites for hydroxylation is 2. The zero-order chi connectivity index (χ0) is 25.2. The molecule has 0 saturated carbocycles. The minimum atomic E-state index is -0.664. The van der Waals surface area contributed by atoms with E-state index in [9.17, 15) is 9.59 Å². The summed E-state index contributed by atoms with van der Waals surface area (Å²) in [6.07, 6.45) is 1.23. The highest BCUT2D eigenvalue weighted by Gasteiger charge is 2.31. The van der Waals surface area contributed by atoms with Crippen LogP contribution in [0.5, 0.6) is 5.75 Å². The second kappa shape index (κ2) is 12.7. The summed E-state index contributed by atoms with van der Waals surface area (Å²) < 4.78 is 5.88. The minimum Gasteiger partial charge on any atom is -0.484 e. The molecule has 0 aromatic heterocycles. The normalized spacial score (nSPS) is 12.5. The van der Waals surface area contributed by atoms with Crippen molar-refractivity contribution in [3.63, 3.8) is 0 Å². The van der Waals surface area contributed by atoms with E-state index in [4.69, 9.17) is 4.74 Å². The molecule has 0 spiro atoms. The molecular formula is C30H36N2O3. The zero-order valence-corrected chi connectivity index (χ0v) is 21.2. The van der Waals surface area contributed by atoms with Crippen molar-refractivity contribution in [3.05, 3.63) is 101 Å². The van der Waals surface area contributed by atoms with Crippen LogP contribution in [0, 0.1) is 13.8 Å². The van der Waals surface area contributed by atoms with Gasteiger partial charge in [-0.25, -0.2) is 0 Å². The molecule has 0 fully saturated rings. The van der Waals surface area contributed by atoms with Gasteiger partial charge in [-0.3, -0.25) is 9.59 Å². The maximum atomic E-state index is 13.6. The van der Waals surface area contributed by atoms with Crippen LogP contribution in [0.15, 0.2) is 78.9 Å². The van der Waals surface area contributed by atoms with Crippen LogP contribution in [0.25, 0.3) is 0 Å². The molecule has 3 aromatic carbocycles. The molecule has 0 aliphatic carbocycles. The van der Waals surface area contributed by atoms with E-state index in [2.05, 4.69) is 5.32 Å². The number of hydrogen-bond donors (Lipinski definition) is 1. The highest BCUT2D eigenvalue weighted by molar-refractivity contribution is 5.88. The molecule has 3 rings (SSSR count). The van der Waals surface area contributed by atoms with E-state index in [-0.39, 0.29) is 24.5 Å². The average Bonchev–Trinajstić information content (AvgIpc) is 2.87. The number of ether oxygens (including phenoxy) is 1. The van der Waals surface area contributed by atoms with Crippen LogP contribution in [0.2, 0.25) is 0 Å². The van der Waals surface area contributed by atoms with Gasteiger partial charge in [0.2, 0.25) is 5.91 Å². The van der Waals surface area contributed by atoms with Gasteiger partial charge in [0, 0.05) is 19.0 Å². The summed E-state index contributed by atoms with van der Waals surface area (Å²) in [7, 11) is 0. The molecule has 5 heteroatoms. The van der Waals surface area contributed by atoms with Crippen LogP contribution < -0.4 is 10.1 Å². The molecule has 184 valence electrons. The summed E-state index contributed by atoms with van der Waals surface area (Å²) in [6, 6.07) is 24.7. The summed E-state index contributed by atoms with van der Waals surface area (Å²) in [5.41, 5.74) is 4.23. The quantitative estimate of drug-likeness (QED) is 0.415. The van der Waals surface area contributed by atoms with Crippen LogP contribution in [-0.2, 0) is 22.6 Å². The van der Waals surface area contributed by atoms with Crippen LogP contribution in [0.3, 0.4) is 0 Å². The number of nitrogens with zero attached hydrogens (tertiary/aromatic N) is 1. The Kier molecular flexibility index (Phi) is 9.47. The Balaban J connectivity index is 1.89. The molecule has 2 atom stereocenters. The van der Waals surface area contributed by atoms with Gasteiger partial charge in [-0.05, 0) is 61.6 Å². The minimum absolute atomic E-state index is 0.0150. The predicted molar refractivity (Wildman–Crippen MR) is 140 cm³/mol. The standard InChI is InChI=1S/C30H36N2O3/c1-5-24(4)31-30(34)28(19-25-12-8-6-9-13-25)32(20-26-14-10-7-11-15-26)29(33)21-35-27-17-16-22(2)23(3)18-27/h6-18,24,28H,5,19-21H2,1-4H3,(H,31,34). The number of benzene rings is 3. The number of amides is 2. The van der Waals surface area contributed by atoms with Gasteiger partial charge in [-0.2, -0.15) is 0 Å². The van der Waals surface area contributed by atoms with Crippen molar-refractivity contribution in [1.29, 1.82) is 0 Å². The number of rotatable bonds is 11. The Labute approximate surface area is 209 Å². The molecule has 1 N–H and O–H groups in total. The Morgan fingerprint density at radius 1 is 0.886 bits per heavy atom. The Hall–Kier alpha value is -3.60. The van der Waals surface area contributed by atoms with E-state index in [0.29, 0.717) is 18.7 Å². The van der Waals surface area contributed by atoms with E-state index in [0.717, 1.165) is 23.1 Å². The highest BCUT2D eigenvalue weighted by Crippen LogP contribution is 2.18. The van der Waals surface area contributed by atoms with E-state index in [1.807, 2.05) is 107 Å². The van der Waals surface area contributed by atoms with Gasteiger partial charge in [-0.1, -0.05) is 73.7 Å². The van der Waals surface area contributed by atoms with Crippen molar-refractivity contribution < 1.29 is 14.3 Å². The number of nitrogens with one attached hydrogen (secondary N) is 1. The summed E-state index contributed by atoms with van der Waals surface area (Å²) in [4.78, 5) is 28.7. The van der Waals surface area contributed by atoms with Crippen molar-refractivity contribution in [2.24, 2.45) is 0 Å². The first-order chi connectivity index (χ1) is 16.9. The monoisotopic (exact) mass is 472 g/mol. The van der Waals surface area contributed by atoms with Gasteiger partial charge in [0.25, 0.3) is 5.91 Å². The third kappa shape index (κ3) is 7.71. The first-order valence-electron chi connectivity index (χ1n) is 12.2. The number of carbonyl (C=O) groups is 2. The van der Waals surface area contributed by atoms with Crippen LogP contribution in [-0.4, -0.2) is 35.4 Å². The molecule has 2 unspecified atom stereocenters. The number of carbonyl (C=O) groups excluding carboxylic acids is 2. The Morgan fingerprint density at radius 3 is 2.11 bits per heavy atom. The topological polar surface area (TPSA) is 58.6 Å². The second-order valence-electron chi connectivity index (χ2n) is 9.07. The lowest BCUT2D eigenvalue weighted by Crippen LogP contribution is -2.53. The van der Waals surface area contributed by atoms with Gasteiger partial charge in [0.05, 0.1) is 0 Å². The fourth-order valence-electron chi connectivity index (χ4n) is 3.81. The Morgan fingerprint density at radius 2 is 1.51 bits per heavy atom. The molecule has 0 heterocycles. The van der Waals surface area contributed by atoms with Gasteiger partial charge in [0.1, 0.15) is 11.8 Å². The lowest BCUT2D eigenvalue weighted by molar-refractivity contribution is -0.143. The summed E-state index contributed by atoms with van der Waals surface area (Å²) in [6.45, 7) is 8.24. The van der Waals surface area contributed by atoms with E-state index in [1.54, 1.807) is 4.90 Å². The highest BCUT2D eigenvalue weighted by atomic mass is 16.5. The average molecular weight is 473 g/mol. The third-order valence-corrected chi connectivity index (χ3v) is 6.31. The van der Waals surface area contributed by atoms with Crippen LogP contribution >= 0.6 is 0 Å². The molecule has 0 radical (unpaired) electrons. The Bertz CT molecular complexity index is 1100. The van der Waals surface area contributed by atoms with Gasteiger partial charge < -0.3 is 15.0 Å². The summed E-state index contributed by atoms with van der Waals surface area (Å²) >= 11 is 0. The van der Waals surface area contributed by atoms with Crippen molar-refractivity contribution >= 4 is 11.8 Å². The largest absolute Gasteiger partial charge is 0.484 e. The molecule has 0 aliphatic rings. The molecule has 5 nitrogen and oxygen atoms in total. The predicted octanol–water partition coefficient (Wildman–Crippen LogP) is 5.24. The van der Waals surface area contributed by atoms with Crippen molar-refractivity contribution in [2.45, 2.75) is 59.2 Å². The fraction of sp³-hybridized carbons (Fsp3) is 0.333. The fourth-order valence-corrected chi connectivity index (χ4v) is 3.81. The molecule has 2 amide bonds. The molecular weight excluding hydrogens is 436 g/mol. The maximum Gasteiger partial charge on any atom is 0.261 e. The first kappa shape index (κ1) is 26.0. The molecule has 0 aliphatic heterocycles. The summed E-state index contributed by atoms with van der Waals surface area (Å²) in [5.74, 6) is 0.260. The van der Waals surface area contributed by atoms with Crippen molar-refractivity contribution in [3.8, 4) is 5.75 Å². The SMILES string of the molecule is CCC(C)NC(=O)C(Cc1ccccc1)N(Cc1ccccc1)C(=O)COc1ccc(C)c(C)c1. The smallest absolute Gasteiger partial charge is 0.261 e. The van der Waals surface area contributed by atoms with Gasteiger partial charge >= 0.3 is 0 Å². The van der Waals surface area contributed by atoms with E-state index in [1.165, 1.54) is 5.56 Å². The van der Waals surface area contributed by atoms with Crippen molar-refractivity contribution in [1.82, 2.24) is 10.2 Å². The zero-order valence-electron chi connectivity index (χ0n) is 21.2. The maximum absolute atomic E-state index is 13.6. The summed E-state index contributed by atoms with van der Waals surface area (Å²) in [5, 5.41) is 3.08. The molecule has 0 saturated heterocycles. The van der Waals surface area contributed by atoms with E-state index < -0.39 is 6.04 Å². The van der Waals surface area contributed by atoms with Gasteiger partial charge in [-0.15, -0.1) is 0 Å². The molecule has 3 aromatic rings. The first-order valence-corrected chi connectivity index (χ1v) is 12.2. The van der Waals surface area contributed by atoms with Crippen LogP contribution in [0.4, 0.5) is 0 Å². The second-order valence-corrected chi connectivity index (χ2v) is 9.07. The molecule has 0 bridgehead atoms. The third-order valence-electron chi connectivity index (χ3n) is 6.31. The van der Waals surface area contributed by atoms with Gasteiger partial charge in [0.15, 0.2) is 6.61 Å². The van der Waals surface area contributed by atoms with E-state index >= 15 is 0 Å². The molecule has 35 heavy (non-hydrogen) atoms. The van der Waals surface area contributed by atoms with Crippen molar-refractivity contribution in [2.75, 3.05) is 6.61 Å². The lowest BCUT2D eigenvalue weighted by atomic mass is 10.0. The lowest BCUT2D eigenvalue weighted by Gasteiger charge is -2.32.